The first kappa shape index (κ1) is 11.2. The van der Waals surface area contributed by atoms with Crippen LogP contribution in [0.15, 0.2) is 18.5 Å². The normalized spacial score (nSPS) is 15.4. The number of hydrogen-bond donors (Lipinski definition) is 2. The molecule has 2 N–H and O–H groups in total. The Morgan fingerprint density at radius 2 is 2.36 bits per heavy atom. The van der Waals surface area contributed by atoms with Crippen LogP contribution in [-0.4, -0.2) is 34.1 Å². The number of aryl methyl sites for hydroxylation is 1. The van der Waals surface area contributed by atoms with Gasteiger partial charge in [-0.1, -0.05) is 0 Å². The van der Waals surface area contributed by atoms with E-state index in [1.807, 2.05) is 30.9 Å². The Hall–Kier alpha value is -0.870. The monoisotopic (exact) mass is 197 g/mol. The SMILES string of the molecule is CNC(C)(CO)CCCn1cccn1. The lowest BCUT2D eigenvalue weighted by Crippen LogP contribution is -2.43. The Morgan fingerprint density at radius 3 is 2.86 bits per heavy atom. The summed E-state index contributed by atoms with van der Waals surface area (Å²) in [5.74, 6) is 0. The van der Waals surface area contributed by atoms with Gasteiger partial charge >= 0.3 is 0 Å². The third-order valence-corrected chi connectivity index (χ3v) is 2.63. The highest BCUT2D eigenvalue weighted by atomic mass is 16.3. The van der Waals surface area contributed by atoms with Gasteiger partial charge in [-0.3, -0.25) is 4.68 Å². The number of hydrogen-bond acceptors (Lipinski definition) is 3. The molecule has 4 heteroatoms. The van der Waals surface area contributed by atoms with Gasteiger partial charge in [0.1, 0.15) is 0 Å². The van der Waals surface area contributed by atoms with Crippen molar-refractivity contribution in [2.75, 3.05) is 13.7 Å². The smallest absolute Gasteiger partial charge is 0.0610 e. The first-order chi connectivity index (χ1) is 6.70. The van der Waals surface area contributed by atoms with Crippen LogP contribution in [0.4, 0.5) is 0 Å². The number of rotatable bonds is 6. The first-order valence-electron chi connectivity index (χ1n) is 4.97. The topological polar surface area (TPSA) is 50.1 Å². The van der Waals surface area contributed by atoms with Crippen LogP contribution in [0.1, 0.15) is 19.8 Å². The molecule has 1 heterocycles. The Labute approximate surface area is 84.9 Å². The van der Waals surface area contributed by atoms with Crippen LogP contribution in [0.3, 0.4) is 0 Å². The molecule has 0 aliphatic rings. The molecule has 0 aromatic carbocycles. The Kier molecular flexibility index (Phi) is 4.10. The van der Waals surface area contributed by atoms with Gasteiger partial charge in [-0.15, -0.1) is 0 Å². The summed E-state index contributed by atoms with van der Waals surface area (Å²) in [6, 6.07) is 1.92. The van der Waals surface area contributed by atoms with E-state index < -0.39 is 0 Å². The molecule has 80 valence electrons. The lowest BCUT2D eigenvalue weighted by Gasteiger charge is -2.26. The molecule has 1 unspecified atom stereocenters. The minimum Gasteiger partial charge on any atom is -0.394 e. The standard InChI is InChI=1S/C10H19N3O/c1-10(9-14,11-2)5-3-7-13-8-4-6-12-13/h4,6,8,11,14H,3,5,7,9H2,1-2H3. The fourth-order valence-corrected chi connectivity index (χ4v) is 1.35. The van der Waals surface area contributed by atoms with Crippen LogP contribution in [-0.2, 0) is 6.54 Å². The highest BCUT2D eigenvalue weighted by Crippen LogP contribution is 2.11. The maximum atomic E-state index is 9.16. The lowest BCUT2D eigenvalue weighted by atomic mass is 9.97. The van der Waals surface area contributed by atoms with E-state index in [4.69, 9.17) is 5.11 Å². The molecule has 0 spiro atoms. The van der Waals surface area contributed by atoms with Crippen LogP contribution < -0.4 is 5.32 Å². The summed E-state index contributed by atoms with van der Waals surface area (Å²) < 4.78 is 1.91. The van der Waals surface area contributed by atoms with Crippen LogP contribution in [0, 0.1) is 0 Å². The predicted octanol–water partition coefficient (Wildman–Crippen LogP) is 0.634. The van der Waals surface area contributed by atoms with Crippen molar-refractivity contribution >= 4 is 0 Å². The molecule has 0 amide bonds. The van der Waals surface area contributed by atoms with E-state index in [9.17, 15) is 0 Å². The van der Waals surface area contributed by atoms with Gasteiger partial charge < -0.3 is 10.4 Å². The highest BCUT2D eigenvalue weighted by Gasteiger charge is 2.19. The summed E-state index contributed by atoms with van der Waals surface area (Å²) in [5, 5.41) is 16.4. The molecule has 0 aliphatic carbocycles. The molecule has 0 saturated carbocycles. The molecular weight excluding hydrogens is 178 g/mol. The van der Waals surface area contributed by atoms with E-state index in [1.165, 1.54) is 0 Å². The average Bonchev–Trinajstić information content (AvgIpc) is 2.70. The van der Waals surface area contributed by atoms with Gasteiger partial charge in [0.25, 0.3) is 0 Å². The van der Waals surface area contributed by atoms with Crippen LogP contribution in [0.2, 0.25) is 0 Å². The molecular formula is C10H19N3O. The van der Waals surface area contributed by atoms with E-state index in [2.05, 4.69) is 10.4 Å². The van der Waals surface area contributed by atoms with Crippen molar-refractivity contribution < 1.29 is 5.11 Å². The lowest BCUT2D eigenvalue weighted by molar-refractivity contribution is 0.169. The second-order valence-corrected chi connectivity index (χ2v) is 3.84. The third-order valence-electron chi connectivity index (χ3n) is 2.63. The number of nitrogens with one attached hydrogen (secondary N) is 1. The maximum Gasteiger partial charge on any atom is 0.0610 e. The molecule has 4 nitrogen and oxygen atoms in total. The molecule has 1 aromatic heterocycles. The highest BCUT2D eigenvalue weighted by molar-refractivity contribution is 4.81. The molecule has 0 saturated heterocycles. The van der Waals surface area contributed by atoms with Gasteiger partial charge in [0.2, 0.25) is 0 Å². The molecule has 0 aliphatic heterocycles. The summed E-state index contributed by atoms with van der Waals surface area (Å²) in [6.07, 6.45) is 5.69. The minimum atomic E-state index is -0.160. The van der Waals surface area contributed by atoms with Crippen molar-refractivity contribution in [2.24, 2.45) is 0 Å². The van der Waals surface area contributed by atoms with E-state index in [1.54, 1.807) is 6.20 Å². The second-order valence-electron chi connectivity index (χ2n) is 3.84. The molecule has 14 heavy (non-hydrogen) atoms. The summed E-state index contributed by atoms with van der Waals surface area (Å²) >= 11 is 0. The Balaban J connectivity index is 2.27. The average molecular weight is 197 g/mol. The molecule has 0 bridgehead atoms. The number of likely N-dealkylation sites (N-methyl/N-ethyl adjacent to an activating group) is 1. The van der Waals surface area contributed by atoms with Crippen molar-refractivity contribution in [1.29, 1.82) is 0 Å². The fraction of sp³-hybridized carbons (Fsp3) is 0.700. The van der Waals surface area contributed by atoms with Crippen LogP contribution in [0.5, 0.6) is 0 Å². The molecule has 0 radical (unpaired) electrons. The fourth-order valence-electron chi connectivity index (χ4n) is 1.35. The second kappa shape index (κ2) is 5.12. The van der Waals surface area contributed by atoms with Gasteiger partial charge in [0.15, 0.2) is 0 Å². The Bertz CT molecular complexity index is 242. The zero-order valence-electron chi connectivity index (χ0n) is 8.90. The number of aromatic nitrogens is 2. The van der Waals surface area contributed by atoms with Gasteiger partial charge in [0, 0.05) is 24.5 Å². The van der Waals surface area contributed by atoms with Gasteiger partial charge in [-0.2, -0.15) is 5.10 Å². The number of aliphatic hydroxyl groups is 1. The van der Waals surface area contributed by atoms with E-state index in [0.29, 0.717) is 0 Å². The number of aliphatic hydroxyl groups excluding tert-OH is 1. The molecule has 1 aromatic rings. The maximum absolute atomic E-state index is 9.16. The van der Waals surface area contributed by atoms with E-state index in [-0.39, 0.29) is 12.1 Å². The quantitative estimate of drug-likeness (QED) is 0.703. The van der Waals surface area contributed by atoms with Crippen molar-refractivity contribution in [3.8, 4) is 0 Å². The summed E-state index contributed by atoms with van der Waals surface area (Å²) in [5.41, 5.74) is -0.160. The van der Waals surface area contributed by atoms with Gasteiger partial charge in [-0.05, 0) is 32.9 Å². The van der Waals surface area contributed by atoms with Crippen molar-refractivity contribution in [2.45, 2.75) is 31.8 Å². The molecule has 0 fully saturated rings. The van der Waals surface area contributed by atoms with Crippen molar-refractivity contribution in [1.82, 2.24) is 15.1 Å². The first-order valence-corrected chi connectivity index (χ1v) is 4.97. The third kappa shape index (κ3) is 3.12. The Morgan fingerprint density at radius 1 is 1.57 bits per heavy atom. The largest absolute Gasteiger partial charge is 0.394 e. The summed E-state index contributed by atoms with van der Waals surface area (Å²) in [7, 11) is 1.88. The minimum absolute atomic E-state index is 0.160. The van der Waals surface area contributed by atoms with E-state index in [0.717, 1.165) is 19.4 Å². The molecule has 1 rings (SSSR count). The van der Waals surface area contributed by atoms with Gasteiger partial charge in [-0.25, -0.2) is 0 Å². The van der Waals surface area contributed by atoms with Crippen LogP contribution in [0.25, 0.3) is 0 Å². The van der Waals surface area contributed by atoms with Crippen molar-refractivity contribution in [3.63, 3.8) is 0 Å². The van der Waals surface area contributed by atoms with E-state index >= 15 is 0 Å². The van der Waals surface area contributed by atoms with Crippen molar-refractivity contribution in [3.05, 3.63) is 18.5 Å². The van der Waals surface area contributed by atoms with Gasteiger partial charge in [0.05, 0.1) is 6.61 Å². The summed E-state index contributed by atoms with van der Waals surface area (Å²) in [4.78, 5) is 0. The predicted molar refractivity (Wildman–Crippen MR) is 56.0 cm³/mol. The zero-order chi connectivity index (χ0) is 10.4. The number of nitrogens with zero attached hydrogens (tertiary/aromatic N) is 2. The molecule has 1 atom stereocenters. The van der Waals surface area contributed by atoms with Crippen LogP contribution >= 0.6 is 0 Å². The zero-order valence-corrected chi connectivity index (χ0v) is 8.90. The summed E-state index contributed by atoms with van der Waals surface area (Å²) in [6.45, 7) is 3.10.